The van der Waals surface area contributed by atoms with E-state index in [-0.39, 0.29) is 12.1 Å². The Balaban J connectivity index is 2.40. The van der Waals surface area contributed by atoms with E-state index in [1.54, 1.807) is 7.11 Å². The monoisotopic (exact) mass is 254 g/mol. The summed E-state index contributed by atoms with van der Waals surface area (Å²) in [5.74, 6) is -1.34. The fraction of sp³-hybridized carbons (Fsp3) is 0.545. The summed E-state index contributed by atoms with van der Waals surface area (Å²) in [4.78, 5) is 35.9. The summed E-state index contributed by atoms with van der Waals surface area (Å²) < 4.78 is 6.48. The standard InChI is InChI=1S/C11H14N2O5/c1-18-7-3-2-6(4-7)13-5-8(10(15)16)9(14)12-11(13)17/h5-7H,2-4H2,1H3,(H,15,16)(H,12,14,17). The Bertz CT molecular complexity index is 574. The van der Waals surface area contributed by atoms with Crippen LogP contribution in [0.3, 0.4) is 0 Å². The number of carboxylic acids is 1. The maximum atomic E-state index is 11.7. The Labute approximate surface area is 102 Å². The lowest BCUT2D eigenvalue weighted by atomic mass is 10.2. The first-order chi connectivity index (χ1) is 8.52. The van der Waals surface area contributed by atoms with Gasteiger partial charge in [-0.2, -0.15) is 0 Å². The van der Waals surface area contributed by atoms with Crippen molar-refractivity contribution in [1.82, 2.24) is 9.55 Å². The van der Waals surface area contributed by atoms with Gasteiger partial charge >= 0.3 is 11.7 Å². The molecule has 7 nitrogen and oxygen atoms in total. The summed E-state index contributed by atoms with van der Waals surface area (Å²) in [5.41, 5.74) is -1.87. The summed E-state index contributed by atoms with van der Waals surface area (Å²) in [7, 11) is 1.60. The van der Waals surface area contributed by atoms with E-state index in [1.807, 2.05) is 4.98 Å². The van der Waals surface area contributed by atoms with Crippen LogP contribution in [0.15, 0.2) is 15.8 Å². The van der Waals surface area contributed by atoms with Crippen LogP contribution in [0.5, 0.6) is 0 Å². The van der Waals surface area contributed by atoms with Crippen LogP contribution < -0.4 is 11.2 Å². The van der Waals surface area contributed by atoms with Crippen molar-refractivity contribution in [2.75, 3.05) is 7.11 Å². The minimum atomic E-state index is -1.34. The molecule has 2 atom stereocenters. The number of carboxylic acid groups (broad SMARTS) is 1. The van der Waals surface area contributed by atoms with Crippen LogP contribution in [0.25, 0.3) is 0 Å². The number of aromatic nitrogens is 2. The molecule has 0 saturated heterocycles. The summed E-state index contributed by atoms with van der Waals surface area (Å²) in [5, 5.41) is 8.86. The van der Waals surface area contributed by atoms with Gasteiger partial charge in [-0.1, -0.05) is 0 Å². The maximum Gasteiger partial charge on any atom is 0.342 e. The molecule has 0 radical (unpaired) electrons. The molecule has 0 aliphatic heterocycles. The smallest absolute Gasteiger partial charge is 0.342 e. The highest BCUT2D eigenvalue weighted by atomic mass is 16.5. The Hall–Kier alpha value is -1.89. The van der Waals surface area contributed by atoms with Gasteiger partial charge in [0, 0.05) is 19.3 Å². The summed E-state index contributed by atoms with van der Waals surface area (Å²) >= 11 is 0. The summed E-state index contributed by atoms with van der Waals surface area (Å²) in [6.07, 6.45) is 3.37. The Morgan fingerprint density at radius 2 is 2.22 bits per heavy atom. The van der Waals surface area contributed by atoms with Crippen molar-refractivity contribution in [3.8, 4) is 0 Å². The molecule has 7 heteroatoms. The highest BCUT2D eigenvalue weighted by Crippen LogP contribution is 2.30. The fourth-order valence-corrected chi connectivity index (χ4v) is 2.29. The molecule has 98 valence electrons. The number of carbonyl (C=O) groups is 1. The highest BCUT2D eigenvalue weighted by Gasteiger charge is 2.27. The lowest BCUT2D eigenvalue weighted by Gasteiger charge is -2.13. The average molecular weight is 254 g/mol. The number of ether oxygens (including phenoxy) is 1. The van der Waals surface area contributed by atoms with Gasteiger partial charge in [0.2, 0.25) is 0 Å². The van der Waals surface area contributed by atoms with Gasteiger partial charge in [-0.05, 0) is 19.3 Å². The maximum absolute atomic E-state index is 11.7. The molecule has 1 aromatic rings. The van der Waals surface area contributed by atoms with Gasteiger partial charge in [-0.15, -0.1) is 0 Å². The van der Waals surface area contributed by atoms with E-state index < -0.39 is 22.8 Å². The van der Waals surface area contributed by atoms with E-state index in [2.05, 4.69) is 0 Å². The molecule has 1 aliphatic carbocycles. The number of methoxy groups -OCH3 is 1. The van der Waals surface area contributed by atoms with Gasteiger partial charge in [-0.25, -0.2) is 9.59 Å². The van der Waals surface area contributed by atoms with E-state index in [0.717, 1.165) is 19.0 Å². The Kier molecular flexibility index (Phi) is 3.33. The summed E-state index contributed by atoms with van der Waals surface area (Å²) in [6, 6.07) is -0.127. The quantitative estimate of drug-likeness (QED) is 0.789. The molecule has 0 amide bonds. The third-order valence-corrected chi connectivity index (χ3v) is 3.28. The van der Waals surface area contributed by atoms with E-state index in [4.69, 9.17) is 9.84 Å². The van der Waals surface area contributed by atoms with Crippen LogP contribution in [0, 0.1) is 0 Å². The van der Waals surface area contributed by atoms with Gasteiger partial charge in [0.25, 0.3) is 5.56 Å². The molecule has 1 fully saturated rings. The second kappa shape index (κ2) is 4.77. The molecular formula is C11H14N2O5. The van der Waals surface area contributed by atoms with Gasteiger partial charge in [0.15, 0.2) is 0 Å². The molecule has 1 aliphatic rings. The van der Waals surface area contributed by atoms with Crippen LogP contribution in [-0.2, 0) is 4.74 Å². The SMILES string of the molecule is COC1CCC(n2cc(C(=O)O)c(=O)[nH]c2=O)C1. The third kappa shape index (κ3) is 2.21. The van der Waals surface area contributed by atoms with Gasteiger partial charge in [0.1, 0.15) is 5.56 Å². The van der Waals surface area contributed by atoms with Crippen LogP contribution >= 0.6 is 0 Å². The van der Waals surface area contributed by atoms with Crippen molar-refractivity contribution in [2.45, 2.75) is 31.4 Å². The van der Waals surface area contributed by atoms with E-state index in [1.165, 1.54) is 4.57 Å². The van der Waals surface area contributed by atoms with Gasteiger partial charge in [0.05, 0.1) is 6.10 Å². The second-order valence-corrected chi connectivity index (χ2v) is 4.34. The molecule has 18 heavy (non-hydrogen) atoms. The predicted octanol–water partition coefficient (Wildman–Crippen LogP) is -0.0252. The average Bonchev–Trinajstić information content (AvgIpc) is 2.77. The summed E-state index contributed by atoms with van der Waals surface area (Å²) in [6.45, 7) is 0. The number of hydrogen-bond donors (Lipinski definition) is 2. The Morgan fingerprint density at radius 1 is 1.50 bits per heavy atom. The first kappa shape index (κ1) is 12.6. The molecule has 0 aromatic carbocycles. The Morgan fingerprint density at radius 3 is 2.78 bits per heavy atom. The minimum absolute atomic E-state index is 0.0714. The first-order valence-corrected chi connectivity index (χ1v) is 5.64. The van der Waals surface area contributed by atoms with Crippen LogP contribution in [0.1, 0.15) is 35.7 Å². The van der Waals surface area contributed by atoms with Gasteiger partial charge < -0.3 is 9.84 Å². The number of nitrogens with zero attached hydrogens (tertiary/aromatic N) is 1. The number of rotatable bonds is 3. The number of nitrogens with one attached hydrogen (secondary N) is 1. The fourth-order valence-electron chi connectivity index (χ4n) is 2.29. The van der Waals surface area contributed by atoms with Gasteiger partial charge in [-0.3, -0.25) is 14.3 Å². The lowest BCUT2D eigenvalue weighted by molar-refractivity contribution is 0.0693. The zero-order valence-electron chi connectivity index (χ0n) is 9.88. The molecule has 2 unspecified atom stereocenters. The van der Waals surface area contributed by atoms with Crippen LogP contribution in [0.2, 0.25) is 0 Å². The van der Waals surface area contributed by atoms with Crippen molar-refractivity contribution in [3.05, 3.63) is 32.6 Å². The molecule has 1 aromatic heterocycles. The predicted molar refractivity (Wildman–Crippen MR) is 62.0 cm³/mol. The lowest BCUT2D eigenvalue weighted by Crippen LogP contribution is -2.35. The van der Waals surface area contributed by atoms with Crippen molar-refractivity contribution in [3.63, 3.8) is 0 Å². The number of hydrogen-bond acceptors (Lipinski definition) is 4. The molecule has 2 rings (SSSR count). The van der Waals surface area contributed by atoms with Crippen LogP contribution in [0.4, 0.5) is 0 Å². The molecule has 1 heterocycles. The van der Waals surface area contributed by atoms with E-state index in [0.29, 0.717) is 6.42 Å². The topological polar surface area (TPSA) is 101 Å². The zero-order valence-corrected chi connectivity index (χ0v) is 9.88. The largest absolute Gasteiger partial charge is 0.477 e. The first-order valence-electron chi connectivity index (χ1n) is 5.64. The van der Waals surface area contributed by atoms with Crippen molar-refractivity contribution < 1.29 is 14.6 Å². The molecule has 1 saturated carbocycles. The zero-order chi connectivity index (χ0) is 13.3. The van der Waals surface area contributed by atoms with Crippen molar-refractivity contribution >= 4 is 5.97 Å². The number of H-pyrrole nitrogens is 1. The molecule has 0 spiro atoms. The van der Waals surface area contributed by atoms with E-state index in [9.17, 15) is 14.4 Å². The highest BCUT2D eigenvalue weighted by molar-refractivity contribution is 5.86. The number of aromatic amines is 1. The second-order valence-electron chi connectivity index (χ2n) is 4.34. The third-order valence-electron chi connectivity index (χ3n) is 3.28. The molecule has 2 N–H and O–H groups in total. The van der Waals surface area contributed by atoms with Crippen molar-refractivity contribution in [2.24, 2.45) is 0 Å². The van der Waals surface area contributed by atoms with Crippen molar-refractivity contribution in [1.29, 1.82) is 0 Å². The molecule has 0 bridgehead atoms. The van der Waals surface area contributed by atoms with Crippen LogP contribution in [-0.4, -0.2) is 33.8 Å². The minimum Gasteiger partial charge on any atom is -0.477 e. The normalized spacial score (nSPS) is 23.2. The molecular weight excluding hydrogens is 240 g/mol. The van der Waals surface area contributed by atoms with E-state index >= 15 is 0 Å². The number of aromatic carboxylic acids is 1.